The molecule has 3 heterocycles. The standard InChI is InChI=1S/C21H26N4OS.ClH/c1-14(22)17-9-6-10-24(13-17)20(26)19-11-18-15(2)23-25(21(18)27-19)12-16-7-4-3-5-8-16;/h3-5,7-8,11,14,17H,6,9-10,12-13,22H2,1-2H3;1H. The van der Waals surface area contributed by atoms with E-state index in [1.165, 1.54) is 5.56 Å². The van der Waals surface area contributed by atoms with Crippen molar-refractivity contribution >= 4 is 39.9 Å². The van der Waals surface area contributed by atoms with Crippen molar-refractivity contribution in [3.63, 3.8) is 0 Å². The number of benzene rings is 1. The van der Waals surface area contributed by atoms with Crippen LogP contribution in [0.5, 0.6) is 0 Å². The number of thiophene rings is 1. The highest BCUT2D eigenvalue weighted by Crippen LogP contribution is 2.31. The van der Waals surface area contributed by atoms with Crippen molar-refractivity contribution in [2.24, 2.45) is 11.7 Å². The second kappa shape index (κ2) is 8.64. The van der Waals surface area contributed by atoms with Crippen LogP contribution in [-0.2, 0) is 6.54 Å². The average molecular weight is 419 g/mol. The molecule has 5 nitrogen and oxygen atoms in total. The molecule has 2 aromatic heterocycles. The van der Waals surface area contributed by atoms with Crippen molar-refractivity contribution in [2.75, 3.05) is 13.1 Å². The van der Waals surface area contributed by atoms with Gasteiger partial charge in [0.05, 0.1) is 17.1 Å². The fourth-order valence-electron chi connectivity index (χ4n) is 3.86. The van der Waals surface area contributed by atoms with Crippen LogP contribution in [0.4, 0.5) is 0 Å². The molecule has 1 aliphatic heterocycles. The van der Waals surface area contributed by atoms with E-state index in [4.69, 9.17) is 5.73 Å². The highest BCUT2D eigenvalue weighted by Gasteiger charge is 2.28. The lowest BCUT2D eigenvalue weighted by atomic mass is 9.92. The van der Waals surface area contributed by atoms with Gasteiger partial charge in [0.1, 0.15) is 4.83 Å². The summed E-state index contributed by atoms with van der Waals surface area (Å²) in [4.78, 5) is 16.9. The van der Waals surface area contributed by atoms with Crippen molar-refractivity contribution in [3.05, 3.63) is 52.5 Å². The summed E-state index contributed by atoms with van der Waals surface area (Å²) in [6.07, 6.45) is 2.14. The number of aryl methyl sites for hydroxylation is 1. The van der Waals surface area contributed by atoms with Crippen LogP contribution in [0.1, 0.15) is 40.7 Å². The Morgan fingerprint density at radius 3 is 2.82 bits per heavy atom. The van der Waals surface area contributed by atoms with Gasteiger partial charge in [-0.25, -0.2) is 0 Å². The molecule has 2 unspecified atom stereocenters. The van der Waals surface area contributed by atoms with E-state index in [0.717, 1.165) is 53.3 Å². The summed E-state index contributed by atoms with van der Waals surface area (Å²) in [7, 11) is 0. The smallest absolute Gasteiger partial charge is 0.264 e. The molecule has 1 aliphatic rings. The average Bonchev–Trinajstić information content (AvgIpc) is 3.24. The molecule has 2 atom stereocenters. The molecule has 150 valence electrons. The Bertz CT molecular complexity index is 950. The first-order chi connectivity index (χ1) is 13.0. The molecule has 1 saturated heterocycles. The van der Waals surface area contributed by atoms with Gasteiger partial charge < -0.3 is 10.6 Å². The highest BCUT2D eigenvalue weighted by atomic mass is 35.5. The summed E-state index contributed by atoms with van der Waals surface area (Å²) >= 11 is 1.55. The third kappa shape index (κ3) is 4.09. The van der Waals surface area contributed by atoms with Crippen LogP contribution < -0.4 is 5.73 Å². The minimum Gasteiger partial charge on any atom is -0.338 e. The topological polar surface area (TPSA) is 64.2 Å². The molecule has 1 amide bonds. The molecule has 3 aromatic rings. The van der Waals surface area contributed by atoms with E-state index in [-0.39, 0.29) is 24.4 Å². The number of likely N-dealkylation sites (tertiary alicyclic amines) is 1. The zero-order valence-electron chi connectivity index (χ0n) is 16.3. The Labute approximate surface area is 175 Å². The Morgan fingerprint density at radius 1 is 1.36 bits per heavy atom. The molecule has 1 aromatic carbocycles. The lowest BCUT2D eigenvalue weighted by Crippen LogP contribution is -2.44. The molecule has 1 fully saturated rings. The minimum atomic E-state index is 0. The van der Waals surface area contributed by atoms with Crippen LogP contribution in [0, 0.1) is 12.8 Å². The number of nitrogens with zero attached hydrogens (tertiary/aromatic N) is 3. The van der Waals surface area contributed by atoms with Crippen LogP contribution in [-0.4, -0.2) is 39.7 Å². The molecule has 7 heteroatoms. The molecule has 0 radical (unpaired) electrons. The summed E-state index contributed by atoms with van der Waals surface area (Å²) < 4.78 is 2.02. The largest absolute Gasteiger partial charge is 0.338 e. The number of halogens is 1. The molecule has 0 bridgehead atoms. The molecule has 0 spiro atoms. The van der Waals surface area contributed by atoms with Gasteiger partial charge in [0.2, 0.25) is 0 Å². The van der Waals surface area contributed by atoms with Crippen LogP contribution >= 0.6 is 23.7 Å². The third-order valence-electron chi connectivity index (χ3n) is 5.48. The predicted molar refractivity (Wildman–Crippen MR) is 117 cm³/mol. The Kier molecular flexibility index (Phi) is 6.43. The second-order valence-corrected chi connectivity index (χ2v) is 8.60. The summed E-state index contributed by atoms with van der Waals surface area (Å²) in [5, 5.41) is 5.76. The number of hydrogen-bond acceptors (Lipinski definition) is 4. The first-order valence-electron chi connectivity index (χ1n) is 9.58. The molecular weight excluding hydrogens is 392 g/mol. The SMILES string of the molecule is Cc1nn(Cc2ccccc2)c2sc(C(=O)N3CCCC(C(C)N)C3)cc12.Cl. The van der Waals surface area contributed by atoms with Gasteiger partial charge in [-0.1, -0.05) is 30.3 Å². The zero-order valence-corrected chi connectivity index (χ0v) is 17.9. The van der Waals surface area contributed by atoms with Gasteiger partial charge >= 0.3 is 0 Å². The number of nitrogens with two attached hydrogens (primary N) is 1. The monoisotopic (exact) mass is 418 g/mol. The molecule has 0 saturated carbocycles. The van der Waals surface area contributed by atoms with E-state index in [9.17, 15) is 4.79 Å². The van der Waals surface area contributed by atoms with Crippen molar-refractivity contribution in [3.8, 4) is 0 Å². The lowest BCUT2D eigenvalue weighted by Gasteiger charge is -2.34. The van der Waals surface area contributed by atoms with E-state index in [0.29, 0.717) is 5.92 Å². The Balaban J connectivity index is 0.00000225. The van der Waals surface area contributed by atoms with Crippen LogP contribution in [0.25, 0.3) is 10.2 Å². The number of carbonyl (C=O) groups excluding carboxylic acids is 1. The molecule has 4 rings (SSSR count). The van der Waals surface area contributed by atoms with E-state index in [2.05, 4.69) is 17.2 Å². The van der Waals surface area contributed by atoms with Gasteiger partial charge in [-0.05, 0) is 44.2 Å². The maximum Gasteiger partial charge on any atom is 0.264 e. The van der Waals surface area contributed by atoms with Gasteiger partial charge in [0.25, 0.3) is 5.91 Å². The van der Waals surface area contributed by atoms with Crippen molar-refractivity contribution in [1.82, 2.24) is 14.7 Å². The maximum absolute atomic E-state index is 13.1. The van der Waals surface area contributed by atoms with Gasteiger partial charge in [-0.15, -0.1) is 23.7 Å². The number of rotatable bonds is 4. The molecule has 0 aliphatic carbocycles. The Hall–Kier alpha value is -1.89. The quantitative estimate of drug-likeness (QED) is 0.694. The number of piperidine rings is 1. The predicted octanol–water partition coefficient (Wildman–Crippen LogP) is 4.08. The molecule has 2 N–H and O–H groups in total. The van der Waals surface area contributed by atoms with Gasteiger partial charge in [-0.3, -0.25) is 9.48 Å². The highest BCUT2D eigenvalue weighted by molar-refractivity contribution is 7.20. The van der Waals surface area contributed by atoms with Crippen LogP contribution in [0.15, 0.2) is 36.4 Å². The number of hydrogen-bond donors (Lipinski definition) is 1. The maximum atomic E-state index is 13.1. The number of fused-ring (bicyclic) bond motifs is 1. The van der Waals surface area contributed by atoms with Crippen molar-refractivity contribution in [2.45, 2.75) is 39.3 Å². The number of aromatic nitrogens is 2. The fourth-order valence-corrected chi connectivity index (χ4v) is 4.99. The summed E-state index contributed by atoms with van der Waals surface area (Å²) in [5.41, 5.74) is 8.26. The summed E-state index contributed by atoms with van der Waals surface area (Å²) in [5.74, 6) is 0.527. The van der Waals surface area contributed by atoms with Crippen molar-refractivity contribution in [1.29, 1.82) is 0 Å². The zero-order chi connectivity index (χ0) is 19.0. The number of carbonyl (C=O) groups is 1. The normalized spacial score (nSPS) is 18.1. The van der Waals surface area contributed by atoms with E-state index in [1.54, 1.807) is 11.3 Å². The van der Waals surface area contributed by atoms with Crippen LogP contribution in [0.2, 0.25) is 0 Å². The van der Waals surface area contributed by atoms with E-state index in [1.807, 2.05) is 47.7 Å². The third-order valence-corrected chi connectivity index (χ3v) is 6.62. The van der Waals surface area contributed by atoms with Crippen molar-refractivity contribution < 1.29 is 4.79 Å². The van der Waals surface area contributed by atoms with Gasteiger partial charge in [0.15, 0.2) is 0 Å². The molecular formula is C21H27ClN4OS. The first-order valence-corrected chi connectivity index (χ1v) is 10.4. The Morgan fingerprint density at radius 2 is 2.11 bits per heavy atom. The van der Waals surface area contributed by atoms with Crippen LogP contribution in [0.3, 0.4) is 0 Å². The molecule has 28 heavy (non-hydrogen) atoms. The fraction of sp³-hybridized carbons (Fsp3) is 0.429. The first kappa shape index (κ1) is 20.8. The summed E-state index contributed by atoms with van der Waals surface area (Å²) in [6.45, 7) is 6.36. The van der Waals surface area contributed by atoms with Gasteiger partial charge in [0, 0.05) is 24.5 Å². The number of amides is 1. The van der Waals surface area contributed by atoms with E-state index < -0.39 is 0 Å². The minimum absolute atomic E-state index is 0. The summed E-state index contributed by atoms with van der Waals surface area (Å²) in [6, 6.07) is 12.4. The van der Waals surface area contributed by atoms with E-state index >= 15 is 0 Å². The second-order valence-electron chi connectivity index (χ2n) is 7.57. The lowest BCUT2D eigenvalue weighted by molar-refractivity contribution is 0.0666. The van der Waals surface area contributed by atoms with Gasteiger partial charge in [-0.2, -0.15) is 5.10 Å².